The monoisotopic (exact) mass is 186 g/mol. The number of ether oxygens (including phenoxy) is 1. The van der Waals surface area contributed by atoms with E-state index in [-0.39, 0.29) is 0 Å². The Hall–Kier alpha value is -1.19. The van der Waals surface area contributed by atoms with Gasteiger partial charge in [-0.1, -0.05) is 0 Å². The predicted molar refractivity (Wildman–Crippen MR) is 49.1 cm³/mol. The summed E-state index contributed by atoms with van der Waals surface area (Å²) in [5.41, 5.74) is -0.560. The number of aldehydes is 1. The van der Waals surface area contributed by atoms with Gasteiger partial charge in [0, 0.05) is 6.92 Å². The van der Waals surface area contributed by atoms with Gasteiger partial charge >= 0.3 is 6.09 Å². The Morgan fingerprint density at radius 2 is 2.00 bits per heavy atom. The number of hydrogen-bond donors (Lipinski definition) is 0. The summed E-state index contributed by atoms with van der Waals surface area (Å²) in [6.07, 6.45) is 0.0452. The predicted octanol–water partition coefficient (Wildman–Crippen LogP) is 1.22. The van der Waals surface area contributed by atoms with E-state index in [9.17, 15) is 9.59 Å². The van der Waals surface area contributed by atoms with E-state index in [0.29, 0.717) is 6.29 Å². The summed E-state index contributed by atoms with van der Waals surface area (Å²) in [5, 5.41) is 0. The minimum Gasteiger partial charge on any atom is -0.406 e. The highest BCUT2D eigenvalue weighted by Gasteiger charge is 2.28. The molecule has 0 aromatic heterocycles. The fourth-order valence-corrected chi connectivity index (χ4v) is 0.560. The summed E-state index contributed by atoms with van der Waals surface area (Å²) >= 11 is 0. The Kier molecular flexibility index (Phi) is 3.78. The van der Waals surface area contributed by atoms with Gasteiger partial charge < -0.3 is 4.74 Å². The minimum absolute atomic E-state index is 0.560. The van der Waals surface area contributed by atoms with Crippen LogP contribution in [0.2, 0.25) is 0 Å². The number of nitrogens with zero attached hydrogens (tertiary/aromatic N) is 1. The van der Waals surface area contributed by atoms with Crippen molar-refractivity contribution in [2.45, 2.75) is 39.3 Å². The van der Waals surface area contributed by atoms with Crippen molar-refractivity contribution in [1.82, 2.24) is 0 Å². The zero-order valence-electron chi connectivity index (χ0n) is 8.53. The number of amides is 1. The molecular formula is C9H16NO3+. The van der Waals surface area contributed by atoms with Gasteiger partial charge in [-0.3, -0.25) is 4.79 Å². The van der Waals surface area contributed by atoms with E-state index in [0.717, 1.165) is 4.58 Å². The second-order valence-corrected chi connectivity index (χ2v) is 3.83. The van der Waals surface area contributed by atoms with Gasteiger partial charge in [0.1, 0.15) is 12.3 Å². The molecule has 13 heavy (non-hydrogen) atoms. The van der Waals surface area contributed by atoms with Gasteiger partial charge in [-0.15, -0.1) is 4.58 Å². The first-order valence-corrected chi connectivity index (χ1v) is 4.06. The lowest BCUT2D eigenvalue weighted by atomic mass is 10.2. The third-order valence-electron chi connectivity index (χ3n) is 1.32. The minimum atomic E-state index is -0.591. The molecule has 0 aliphatic heterocycles. The van der Waals surface area contributed by atoms with Crippen molar-refractivity contribution in [3.8, 4) is 0 Å². The molecular weight excluding hydrogens is 170 g/mol. The molecule has 0 aromatic rings. The maximum absolute atomic E-state index is 11.2. The smallest absolute Gasteiger partial charge is 0.406 e. The van der Waals surface area contributed by atoms with Crippen molar-refractivity contribution >= 4 is 19.1 Å². The van der Waals surface area contributed by atoms with E-state index in [1.165, 1.54) is 0 Å². The average molecular weight is 186 g/mol. The Balaban J connectivity index is 4.29. The van der Waals surface area contributed by atoms with Crippen molar-refractivity contribution in [3.63, 3.8) is 0 Å². The first kappa shape index (κ1) is 11.8. The molecule has 0 radical (unpaired) electrons. The zero-order valence-corrected chi connectivity index (χ0v) is 8.53. The SMILES string of the molecule is C=[N+](C(=O)OC(C)(C)C)C(C)C=O. The quantitative estimate of drug-likeness (QED) is 0.370. The van der Waals surface area contributed by atoms with E-state index in [2.05, 4.69) is 6.72 Å². The van der Waals surface area contributed by atoms with Crippen molar-refractivity contribution in [2.24, 2.45) is 0 Å². The molecule has 1 amide bonds. The average Bonchev–Trinajstić information content (AvgIpc) is 1.98. The normalized spacial score (nSPS) is 13.2. The molecule has 0 spiro atoms. The first-order chi connectivity index (χ1) is 5.78. The number of rotatable bonds is 2. The third-order valence-corrected chi connectivity index (χ3v) is 1.32. The van der Waals surface area contributed by atoms with Crippen LogP contribution in [0.3, 0.4) is 0 Å². The number of carbonyl (C=O) groups excluding carboxylic acids is 2. The summed E-state index contributed by atoms with van der Waals surface area (Å²) in [6.45, 7) is 10.3. The van der Waals surface area contributed by atoms with Gasteiger partial charge in [0.25, 0.3) is 0 Å². The van der Waals surface area contributed by atoms with Crippen LogP contribution in [0.25, 0.3) is 0 Å². The van der Waals surface area contributed by atoms with E-state index in [4.69, 9.17) is 4.74 Å². The van der Waals surface area contributed by atoms with Crippen LogP contribution < -0.4 is 0 Å². The molecule has 0 saturated heterocycles. The molecule has 0 aromatic carbocycles. The molecule has 1 atom stereocenters. The fraction of sp³-hybridized carbons (Fsp3) is 0.667. The lowest BCUT2D eigenvalue weighted by molar-refractivity contribution is -0.463. The maximum atomic E-state index is 11.2. The molecule has 0 bridgehead atoms. The topological polar surface area (TPSA) is 46.4 Å². The van der Waals surface area contributed by atoms with Crippen LogP contribution >= 0.6 is 0 Å². The van der Waals surface area contributed by atoms with Gasteiger partial charge in [-0.05, 0) is 20.8 Å². The molecule has 0 heterocycles. The molecule has 0 fully saturated rings. The molecule has 4 nitrogen and oxygen atoms in total. The van der Waals surface area contributed by atoms with E-state index < -0.39 is 17.7 Å². The van der Waals surface area contributed by atoms with Crippen LogP contribution in [0.15, 0.2) is 0 Å². The van der Waals surface area contributed by atoms with Gasteiger partial charge in [-0.2, -0.15) is 4.79 Å². The first-order valence-electron chi connectivity index (χ1n) is 4.06. The van der Waals surface area contributed by atoms with Crippen LogP contribution in [0.5, 0.6) is 0 Å². The van der Waals surface area contributed by atoms with Crippen molar-refractivity contribution < 1.29 is 18.9 Å². The molecule has 0 aliphatic rings. The lowest BCUT2D eigenvalue weighted by Gasteiger charge is -2.16. The highest BCUT2D eigenvalue weighted by molar-refractivity contribution is 5.65. The van der Waals surface area contributed by atoms with Gasteiger partial charge in [0.15, 0.2) is 6.29 Å². The number of hydrogen-bond acceptors (Lipinski definition) is 3. The summed E-state index contributed by atoms with van der Waals surface area (Å²) in [5.74, 6) is 0. The van der Waals surface area contributed by atoms with Gasteiger partial charge in [0.05, 0.1) is 0 Å². The standard InChI is InChI=1S/C9H16NO3/c1-7(6-11)10(5)8(12)13-9(2,3)4/h6-7H,5H2,1-4H3/q+1. The van der Waals surface area contributed by atoms with E-state index in [1.807, 2.05) is 0 Å². The van der Waals surface area contributed by atoms with Crippen LogP contribution in [-0.2, 0) is 9.53 Å². The van der Waals surface area contributed by atoms with Crippen molar-refractivity contribution in [2.75, 3.05) is 0 Å². The van der Waals surface area contributed by atoms with Crippen LogP contribution in [0, 0.1) is 0 Å². The number of carbonyl (C=O) groups is 2. The second-order valence-electron chi connectivity index (χ2n) is 3.83. The summed E-state index contributed by atoms with van der Waals surface area (Å²) in [4.78, 5) is 21.6. The largest absolute Gasteiger partial charge is 0.597 e. The molecule has 0 N–H and O–H groups in total. The van der Waals surface area contributed by atoms with Gasteiger partial charge in [-0.25, -0.2) is 0 Å². The van der Waals surface area contributed by atoms with Crippen molar-refractivity contribution in [1.29, 1.82) is 0 Å². The maximum Gasteiger partial charge on any atom is 0.597 e. The molecule has 0 aliphatic carbocycles. The molecule has 4 heteroatoms. The Morgan fingerprint density at radius 3 is 2.31 bits per heavy atom. The third kappa shape index (κ3) is 4.40. The highest BCUT2D eigenvalue weighted by atomic mass is 16.6. The summed E-state index contributed by atoms with van der Waals surface area (Å²) < 4.78 is 6.00. The molecule has 0 saturated carbocycles. The highest BCUT2D eigenvalue weighted by Crippen LogP contribution is 2.08. The van der Waals surface area contributed by atoms with Crippen molar-refractivity contribution in [3.05, 3.63) is 0 Å². The van der Waals surface area contributed by atoms with Crippen LogP contribution in [-0.4, -0.2) is 35.3 Å². The Morgan fingerprint density at radius 1 is 1.54 bits per heavy atom. The second kappa shape index (κ2) is 4.16. The Labute approximate surface area is 78.2 Å². The van der Waals surface area contributed by atoms with Crippen LogP contribution in [0.1, 0.15) is 27.7 Å². The molecule has 74 valence electrons. The Bertz CT molecular complexity index is 228. The fourth-order valence-electron chi connectivity index (χ4n) is 0.560. The van der Waals surface area contributed by atoms with E-state index >= 15 is 0 Å². The lowest BCUT2D eigenvalue weighted by Crippen LogP contribution is -2.35. The van der Waals surface area contributed by atoms with Gasteiger partial charge in [0.2, 0.25) is 6.04 Å². The summed E-state index contributed by atoms with van der Waals surface area (Å²) in [7, 11) is 0. The van der Waals surface area contributed by atoms with E-state index in [1.54, 1.807) is 27.7 Å². The molecule has 1 unspecified atom stereocenters. The molecule has 0 rings (SSSR count). The summed E-state index contributed by atoms with van der Waals surface area (Å²) in [6, 6.07) is -0.560. The van der Waals surface area contributed by atoms with Crippen LogP contribution in [0.4, 0.5) is 4.79 Å². The zero-order chi connectivity index (χ0) is 10.6.